The molecule has 4 aliphatic carbocycles. The van der Waals surface area contributed by atoms with E-state index in [1.807, 2.05) is 0 Å². The zero-order chi connectivity index (χ0) is 35.5. The van der Waals surface area contributed by atoms with Crippen LogP contribution in [0.25, 0.3) is 33.4 Å². The van der Waals surface area contributed by atoms with Crippen LogP contribution >= 0.6 is 0 Å². The number of hydrogen-bond donors (Lipinski definition) is 0. The molecule has 6 aromatic carbocycles. The van der Waals surface area contributed by atoms with Crippen molar-refractivity contribution in [3.05, 3.63) is 162 Å². The van der Waals surface area contributed by atoms with Crippen molar-refractivity contribution in [3.8, 4) is 33.4 Å². The summed E-state index contributed by atoms with van der Waals surface area (Å²) in [7, 11) is 0. The van der Waals surface area contributed by atoms with Crippen molar-refractivity contribution >= 4 is 17.1 Å². The molecule has 10 rings (SSSR count). The summed E-state index contributed by atoms with van der Waals surface area (Å²) in [5, 5.41) is 0. The third kappa shape index (κ3) is 5.75. The molecule has 6 aromatic rings. The van der Waals surface area contributed by atoms with Gasteiger partial charge in [-0.2, -0.15) is 0 Å². The van der Waals surface area contributed by atoms with Gasteiger partial charge in [-0.15, -0.1) is 0 Å². The van der Waals surface area contributed by atoms with Gasteiger partial charge in [-0.3, -0.25) is 0 Å². The fourth-order valence-electron chi connectivity index (χ4n) is 10.9. The number of nitrogens with zero attached hydrogens (tertiary/aromatic N) is 1. The third-order valence-electron chi connectivity index (χ3n) is 13.8. The van der Waals surface area contributed by atoms with Crippen LogP contribution in [0.5, 0.6) is 0 Å². The van der Waals surface area contributed by atoms with Gasteiger partial charge in [0.1, 0.15) is 0 Å². The minimum atomic E-state index is -0.115. The Labute approximate surface area is 316 Å². The quantitative estimate of drug-likeness (QED) is 0.161. The smallest absolute Gasteiger partial charge is 0.0465 e. The molecule has 3 atom stereocenters. The third-order valence-corrected chi connectivity index (χ3v) is 13.8. The number of anilines is 3. The maximum Gasteiger partial charge on any atom is 0.0465 e. The number of hydrogen-bond acceptors (Lipinski definition) is 1. The Kier molecular flexibility index (Phi) is 8.16. The van der Waals surface area contributed by atoms with Crippen LogP contribution in [0.15, 0.2) is 140 Å². The van der Waals surface area contributed by atoms with Gasteiger partial charge in [-0.25, -0.2) is 0 Å². The molecule has 0 spiro atoms. The molecule has 3 unspecified atom stereocenters. The lowest BCUT2D eigenvalue weighted by atomic mass is 9.81. The second kappa shape index (κ2) is 13.2. The van der Waals surface area contributed by atoms with Gasteiger partial charge in [0.15, 0.2) is 0 Å². The summed E-state index contributed by atoms with van der Waals surface area (Å²) in [5.74, 6) is 3.36. The van der Waals surface area contributed by atoms with Gasteiger partial charge >= 0.3 is 0 Å². The SMILES string of the molecule is CC1(C)c2cc(N(c3ccc(-c4ccc(C5CC6CCC5C6)cc4)cc3)c3ccc(C4CCCCC4)cc3)ccc2-c2c(-c3ccccc3)cccc21. The van der Waals surface area contributed by atoms with Crippen LogP contribution < -0.4 is 4.90 Å². The molecule has 0 saturated heterocycles. The van der Waals surface area contributed by atoms with E-state index in [0.29, 0.717) is 5.92 Å². The Bertz CT molecular complexity index is 2240. The maximum absolute atomic E-state index is 2.48. The number of benzene rings is 6. The monoisotopic (exact) mass is 689 g/mol. The number of rotatable bonds is 7. The molecule has 0 aromatic heterocycles. The molecule has 3 fully saturated rings. The van der Waals surface area contributed by atoms with E-state index in [4.69, 9.17) is 0 Å². The molecule has 3 saturated carbocycles. The van der Waals surface area contributed by atoms with Crippen LogP contribution in [0.3, 0.4) is 0 Å². The summed E-state index contributed by atoms with van der Waals surface area (Å²) in [6.07, 6.45) is 12.5. The summed E-state index contributed by atoms with van der Waals surface area (Å²) in [6.45, 7) is 4.80. The lowest BCUT2D eigenvalue weighted by Crippen LogP contribution is -2.16. The first kappa shape index (κ1) is 32.7. The van der Waals surface area contributed by atoms with E-state index < -0.39 is 0 Å². The number of fused-ring (bicyclic) bond motifs is 5. The van der Waals surface area contributed by atoms with E-state index in [9.17, 15) is 0 Å². The van der Waals surface area contributed by atoms with Crippen molar-refractivity contribution in [1.29, 1.82) is 0 Å². The molecule has 4 aliphatic rings. The lowest BCUT2D eigenvalue weighted by molar-refractivity contribution is 0.420. The highest BCUT2D eigenvalue weighted by Crippen LogP contribution is 2.55. The molecule has 264 valence electrons. The molecular formula is C52H51N. The summed E-state index contributed by atoms with van der Waals surface area (Å²) < 4.78 is 0. The Morgan fingerprint density at radius 1 is 0.491 bits per heavy atom. The van der Waals surface area contributed by atoms with Crippen LogP contribution in [0.1, 0.15) is 106 Å². The Balaban J connectivity index is 1.02. The average molecular weight is 690 g/mol. The van der Waals surface area contributed by atoms with Gasteiger partial charge in [-0.05, 0) is 148 Å². The van der Waals surface area contributed by atoms with E-state index >= 15 is 0 Å². The second-order valence-corrected chi connectivity index (χ2v) is 17.2. The fraction of sp³-hybridized carbons (Fsp3) is 0.308. The van der Waals surface area contributed by atoms with Crippen LogP contribution in [-0.2, 0) is 5.41 Å². The minimum Gasteiger partial charge on any atom is -0.310 e. The molecule has 0 heterocycles. The van der Waals surface area contributed by atoms with Crippen LogP contribution in [0.2, 0.25) is 0 Å². The predicted molar refractivity (Wildman–Crippen MR) is 224 cm³/mol. The van der Waals surface area contributed by atoms with E-state index in [1.165, 1.54) is 125 Å². The zero-order valence-corrected chi connectivity index (χ0v) is 31.4. The van der Waals surface area contributed by atoms with Gasteiger partial charge in [0.25, 0.3) is 0 Å². The van der Waals surface area contributed by atoms with Gasteiger partial charge in [0.2, 0.25) is 0 Å². The van der Waals surface area contributed by atoms with Crippen molar-refractivity contribution < 1.29 is 0 Å². The average Bonchev–Trinajstić information content (AvgIpc) is 3.92. The molecule has 0 N–H and O–H groups in total. The Morgan fingerprint density at radius 3 is 1.83 bits per heavy atom. The van der Waals surface area contributed by atoms with E-state index in [0.717, 1.165) is 17.8 Å². The normalized spacial score (nSPS) is 21.4. The second-order valence-electron chi connectivity index (χ2n) is 17.2. The molecular weight excluding hydrogens is 639 g/mol. The highest BCUT2D eigenvalue weighted by molar-refractivity contribution is 5.94. The first-order valence-corrected chi connectivity index (χ1v) is 20.5. The Hall–Kier alpha value is -4.88. The molecule has 0 aliphatic heterocycles. The Morgan fingerprint density at radius 2 is 1.15 bits per heavy atom. The lowest BCUT2D eigenvalue weighted by Gasteiger charge is -2.29. The maximum atomic E-state index is 2.48. The molecule has 0 radical (unpaired) electrons. The summed E-state index contributed by atoms with van der Waals surface area (Å²) in [4.78, 5) is 2.48. The zero-order valence-electron chi connectivity index (χ0n) is 31.4. The van der Waals surface area contributed by atoms with Crippen molar-refractivity contribution in [2.45, 2.75) is 88.9 Å². The fourth-order valence-corrected chi connectivity index (χ4v) is 10.9. The molecule has 0 amide bonds. The first-order valence-electron chi connectivity index (χ1n) is 20.5. The van der Waals surface area contributed by atoms with Gasteiger partial charge in [0.05, 0.1) is 0 Å². The molecule has 2 bridgehead atoms. The summed E-state index contributed by atoms with van der Waals surface area (Å²) in [5.41, 5.74) is 17.3. The van der Waals surface area contributed by atoms with Crippen LogP contribution in [0, 0.1) is 11.8 Å². The van der Waals surface area contributed by atoms with Gasteiger partial charge < -0.3 is 4.90 Å². The molecule has 53 heavy (non-hydrogen) atoms. The highest BCUT2D eigenvalue weighted by atomic mass is 15.1. The van der Waals surface area contributed by atoms with Gasteiger partial charge in [0, 0.05) is 22.5 Å². The first-order chi connectivity index (χ1) is 26.0. The van der Waals surface area contributed by atoms with Crippen molar-refractivity contribution in [2.75, 3.05) is 4.90 Å². The van der Waals surface area contributed by atoms with Crippen LogP contribution in [0.4, 0.5) is 17.1 Å². The molecule has 1 nitrogen and oxygen atoms in total. The topological polar surface area (TPSA) is 3.24 Å². The largest absolute Gasteiger partial charge is 0.310 e. The van der Waals surface area contributed by atoms with E-state index in [1.54, 1.807) is 5.56 Å². The van der Waals surface area contributed by atoms with Crippen LogP contribution in [-0.4, -0.2) is 0 Å². The van der Waals surface area contributed by atoms with Gasteiger partial charge in [-0.1, -0.05) is 143 Å². The highest BCUT2D eigenvalue weighted by Gasteiger charge is 2.40. The van der Waals surface area contributed by atoms with Crippen molar-refractivity contribution in [3.63, 3.8) is 0 Å². The van der Waals surface area contributed by atoms with Crippen molar-refractivity contribution in [2.24, 2.45) is 11.8 Å². The predicted octanol–water partition coefficient (Wildman–Crippen LogP) is 14.7. The standard InChI is InChI=1S/C52H51N/c1-52(2)49-15-9-14-46(40-12-7-4-8-13-40)51(49)47-31-30-45(34-50(47)52)53(43-26-22-38(23-27-43)36-10-5-3-6-11-36)44-28-24-39(25-29-44)37-18-20-41(21-19-37)48-33-35-16-17-42(48)32-35/h4,7-9,12-15,18-31,34-36,42,48H,3,5-6,10-11,16-17,32-33H2,1-2H3. The minimum absolute atomic E-state index is 0.115. The van der Waals surface area contributed by atoms with E-state index in [2.05, 4.69) is 158 Å². The van der Waals surface area contributed by atoms with Crippen molar-refractivity contribution in [1.82, 2.24) is 0 Å². The van der Waals surface area contributed by atoms with E-state index in [-0.39, 0.29) is 5.41 Å². The summed E-state index contributed by atoms with van der Waals surface area (Å²) >= 11 is 0. The summed E-state index contributed by atoms with van der Waals surface area (Å²) in [6, 6.07) is 53.4. The molecule has 1 heteroatoms.